The fourth-order valence-electron chi connectivity index (χ4n) is 7.75. The van der Waals surface area contributed by atoms with Gasteiger partial charge in [-0.3, -0.25) is 19.2 Å². The molecule has 3 amide bonds. The molecule has 0 saturated carbocycles. The number of carbonyl (C=O) groups is 5. The number of aromatic nitrogens is 1. The number of carbonyl (C=O) groups excluding carboxylic acids is 4. The van der Waals surface area contributed by atoms with Crippen molar-refractivity contribution in [2.45, 2.75) is 97.4 Å². The molecule has 3 aromatic carbocycles. The molecule has 6 atom stereocenters. The van der Waals surface area contributed by atoms with Crippen molar-refractivity contribution in [2.75, 3.05) is 13.7 Å². The monoisotopic (exact) mass is 824 g/mol. The molecule has 0 saturated heterocycles. The Bertz CT molecular complexity index is 2040. The molecule has 0 radical (unpaired) electrons. The van der Waals surface area contributed by atoms with Gasteiger partial charge in [-0.05, 0) is 52.5 Å². The van der Waals surface area contributed by atoms with Gasteiger partial charge in [0.25, 0.3) is 5.91 Å². The predicted molar refractivity (Wildman–Crippen MR) is 227 cm³/mol. The number of amides is 3. The summed E-state index contributed by atoms with van der Waals surface area (Å²) in [5.74, 6) is -3.45. The summed E-state index contributed by atoms with van der Waals surface area (Å²) in [5.41, 5.74) is 5.47. The van der Waals surface area contributed by atoms with E-state index < -0.39 is 54.1 Å². The van der Waals surface area contributed by atoms with Crippen molar-refractivity contribution >= 4 is 41.2 Å². The van der Waals surface area contributed by atoms with E-state index in [2.05, 4.69) is 27.8 Å². The SMILES string of the molecule is CCC(C)[C@H](NC(=O)OCC1c2ccccc2-c2ccccc21)C(=O)N(C)[C@H](C[C@H](OC(C)=O)c1nc(C(=O)N[C@@H](Cc2ccccc2)C[C@H](C)C(=O)O)cs1)C(C)C. The molecule has 59 heavy (non-hydrogen) atoms. The van der Waals surface area contributed by atoms with E-state index in [0.717, 1.165) is 39.2 Å². The molecule has 0 spiro atoms. The molecule has 5 rings (SSSR count). The number of nitrogens with zero attached hydrogens (tertiary/aromatic N) is 2. The maximum Gasteiger partial charge on any atom is 0.407 e. The Balaban J connectivity index is 1.28. The normalized spacial score (nSPS) is 15.1. The zero-order chi connectivity index (χ0) is 42.8. The Labute approximate surface area is 350 Å². The van der Waals surface area contributed by atoms with Crippen LogP contribution >= 0.6 is 11.3 Å². The molecule has 12 nitrogen and oxygen atoms in total. The van der Waals surface area contributed by atoms with Gasteiger partial charge in [-0.15, -0.1) is 11.3 Å². The number of thiazole rings is 1. The second kappa shape index (κ2) is 20.4. The fourth-order valence-corrected chi connectivity index (χ4v) is 8.59. The van der Waals surface area contributed by atoms with Gasteiger partial charge in [-0.25, -0.2) is 9.78 Å². The summed E-state index contributed by atoms with van der Waals surface area (Å²) >= 11 is 1.16. The molecule has 1 aliphatic rings. The first-order valence-corrected chi connectivity index (χ1v) is 21.1. The molecular formula is C46H56N4O8S. The average Bonchev–Trinajstić information content (AvgIpc) is 3.84. The van der Waals surface area contributed by atoms with Crippen LogP contribution in [-0.2, 0) is 30.3 Å². The lowest BCUT2D eigenvalue weighted by atomic mass is 9.93. The summed E-state index contributed by atoms with van der Waals surface area (Å²) in [4.78, 5) is 71.6. The summed E-state index contributed by atoms with van der Waals surface area (Å²) in [6, 6.07) is 23.8. The lowest BCUT2D eigenvalue weighted by Gasteiger charge is -2.36. The van der Waals surface area contributed by atoms with Crippen LogP contribution in [0.15, 0.2) is 84.2 Å². The number of aliphatic carboxylic acids is 1. The Morgan fingerprint density at radius 1 is 0.864 bits per heavy atom. The van der Waals surface area contributed by atoms with Gasteiger partial charge in [0, 0.05) is 43.8 Å². The van der Waals surface area contributed by atoms with Crippen LogP contribution in [0.4, 0.5) is 4.79 Å². The summed E-state index contributed by atoms with van der Waals surface area (Å²) in [5, 5.41) is 17.4. The van der Waals surface area contributed by atoms with Crippen LogP contribution in [0.3, 0.4) is 0 Å². The number of carboxylic acids is 1. The first kappa shape index (κ1) is 44.5. The Kier molecular flexibility index (Phi) is 15.4. The fraction of sp³-hybridized carbons (Fsp3) is 0.435. The van der Waals surface area contributed by atoms with Crippen LogP contribution in [0.1, 0.15) is 105 Å². The van der Waals surface area contributed by atoms with Gasteiger partial charge in [0.05, 0.1) is 5.92 Å². The lowest BCUT2D eigenvalue weighted by Crippen LogP contribution is -2.54. The Morgan fingerprint density at radius 3 is 2.05 bits per heavy atom. The molecule has 13 heteroatoms. The summed E-state index contributed by atoms with van der Waals surface area (Å²) in [6.07, 6.45) is -0.129. The molecule has 3 N–H and O–H groups in total. The second-order valence-electron chi connectivity index (χ2n) is 15.8. The molecular weight excluding hydrogens is 769 g/mol. The highest BCUT2D eigenvalue weighted by molar-refractivity contribution is 7.09. The molecule has 1 aromatic heterocycles. The van der Waals surface area contributed by atoms with E-state index in [1.165, 1.54) is 6.92 Å². The molecule has 1 aliphatic carbocycles. The van der Waals surface area contributed by atoms with Gasteiger partial charge in [-0.2, -0.15) is 0 Å². The van der Waals surface area contributed by atoms with E-state index in [1.807, 2.05) is 94.4 Å². The third-order valence-corrected chi connectivity index (χ3v) is 12.2. The second-order valence-corrected chi connectivity index (χ2v) is 16.7. The van der Waals surface area contributed by atoms with Crippen LogP contribution in [-0.4, -0.2) is 76.6 Å². The number of benzene rings is 3. The first-order valence-electron chi connectivity index (χ1n) is 20.3. The number of nitrogens with one attached hydrogen (secondary N) is 2. The van der Waals surface area contributed by atoms with Crippen molar-refractivity contribution in [3.63, 3.8) is 0 Å². The summed E-state index contributed by atoms with van der Waals surface area (Å²) < 4.78 is 11.6. The number of carboxylic acid groups (broad SMARTS) is 1. The third-order valence-electron chi connectivity index (χ3n) is 11.2. The van der Waals surface area contributed by atoms with E-state index in [0.29, 0.717) is 17.8 Å². The van der Waals surface area contributed by atoms with Gasteiger partial charge in [0.1, 0.15) is 23.4 Å². The molecule has 0 aliphatic heterocycles. The number of likely N-dealkylation sites (N-methyl/N-ethyl adjacent to an activating group) is 1. The highest BCUT2D eigenvalue weighted by atomic mass is 32.1. The number of fused-ring (bicyclic) bond motifs is 3. The standard InChI is InChI=1S/C46H56N4O8S/c1-8-28(4)41(49-46(56)57-25-37-35-20-14-12-18-33(35)34-19-13-15-21-36(34)37)44(53)50(7)39(27(2)3)24-40(58-30(6)51)43-48-38(26-59-43)42(52)47-32(22-29(5)45(54)55)23-31-16-10-9-11-17-31/h9-21,26-29,32,37,39-41H,8,22-25H2,1-7H3,(H,47,52)(H,49,56)(H,54,55)/t28?,29-,32+,39+,40-,41-/m0/s1. The van der Waals surface area contributed by atoms with Crippen LogP contribution in [0.25, 0.3) is 11.1 Å². The molecule has 314 valence electrons. The van der Waals surface area contributed by atoms with E-state index in [1.54, 1.807) is 24.3 Å². The average molecular weight is 825 g/mol. The van der Waals surface area contributed by atoms with Gasteiger partial charge in [-0.1, -0.05) is 120 Å². The number of hydrogen-bond donors (Lipinski definition) is 3. The smallest absolute Gasteiger partial charge is 0.407 e. The molecule has 1 unspecified atom stereocenters. The zero-order valence-electron chi connectivity index (χ0n) is 34.8. The maximum absolute atomic E-state index is 14.3. The van der Waals surface area contributed by atoms with Gasteiger partial charge in [0.2, 0.25) is 5.91 Å². The Morgan fingerprint density at radius 2 is 1.47 bits per heavy atom. The minimum absolute atomic E-state index is 0.105. The van der Waals surface area contributed by atoms with Crippen molar-refractivity contribution in [1.29, 1.82) is 0 Å². The summed E-state index contributed by atoms with van der Waals surface area (Å²) in [6.45, 7) is 10.8. The zero-order valence-corrected chi connectivity index (χ0v) is 35.7. The van der Waals surface area contributed by atoms with Crippen molar-refractivity contribution in [1.82, 2.24) is 20.5 Å². The summed E-state index contributed by atoms with van der Waals surface area (Å²) in [7, 11) is 1.68. The van der Waals surface area contributed by atoms with Crippen LogP contribution in [0, 0.1) is 17.8 Å². The van der Waals surface area contributed by atoms with Gasteiger partial charge < -0.3 is 30.1 Å². The highest BCUT2D eigenvalue weighted by Gasteiger charge is 2.37. The van der Waals surface area contributed by atoms with Crippen LogP contribution in [0.2, 0.25) is 0 Å². The van der Waals surface area contributed by atoms with E-state index in [-0.39, 0.29) is 48.8 Å². The van der Waals surface area contributed by atoms with Crippen LogP contribution < -0.4 is 10.6 Å². The topological polar surface area (TPSA) is 164 Å². The number of hydrogen-bond acceptors (Lipinski definition) is 9. The highest BCUT2D eigenvalue weighted by Crippen LogP contribution is 2.44. The van der Waals surface area contributed by atoms with Crippen molar-refractivity contribution in [2.24, 2.45) is 17.8 Å². The van der Waals surface area contributed by atoms with E-state index >= 15 is 0 Å². The van der Waals surface area contributed by atoms with Crippen molar-refractivity contribution in [3.05, 3.63) is 112 Å². The first-order chi connectivity index (χ1) is 28.2. The minimum atomic E-state index is -0.955. The van der Waals surface area contributed by atoms with Crippen molar-refractivity contribution < 1.29 is 38.6 Å². The molecule has 0 bridgehead atoms. The van der Waals surface area contributed by atoms with Gasteiger partial charge >= 0.3 is 18.0 Å². The predicted octanol–water partition coefficient (Wildman–Crippen LogP) is 8.03. The Hall–Kier alpha value is -5.56. The minimum Gasteiger partial charge on any atom is -0.481 e. The molecule has 0 fully saturated rings. The van der Waals surface area contributed by atoms with Crippen LogP contribution in [0.5, 0.6) is 0 Å². The maximum atomic E-state index is 14.3. The van der Waals surface area contributed by atoms with Crippen molar-refractivity contribution in [3.8, 4) is 11.1 Å². The lowest BCUT2D eigenvalue weighted by molar-refractivity contribution is -0.149. The van der Waals surface area contributed by atoms with E-state index in [9.17, 15) is 29.1 Å². The number of rotatable bonds is 19. The number of alkyl carbamates (subject to hydrolysis) is 1. The van der Waals surface area contributed by atoms with Gasteiger partial charge in [0.15, 0.2) is 6.10 Å². The number of ether oxygens (including phenoxy) is 2. The molecule has 1 heterocycles. The number of esters is 1. The molecule has 4 aromatic rings. The van der Waals surface area contributed by atoms with E-state index in [4.69, 9.17) is 9.47 Å². The third kappa shape index (κ3) is 11.3. The largest absolute Gasteiger partial charge is 0.481 e. The quantitative estimate of drug-likeness (QED) is 0.0795.